The van der Waals surface area contributed by atoms with E-state index in [0.29, 0.717) is 17.9 Å². The van der Waals surface area contributed by atoms with Crippen LogP contribution >= 0.6 is 0 Å². The van der Waals surface area contributed by atoms with Crippen LogP contribution in [0.4, 0.5) is 0 Å². The Morgan fingerprint density at radius 2 is 2.03 bits per heavy atom. The lowest BCUT2D eigenvalue weighted by atomic mass is 9.96. The molecule has 1 saturated heterocycles. The minimum absolute atomic E-state index is 0.123. The Hall–Kier alpha value is -3.52. The highest BCUT2D eigenvalue weighted by atomic mass is 16.5. The molecule has 4 rings (SSSR count). The number of carbonyl (C=O) groups excluding carboxylic acids is 2. The Morgan fingerprint density at radius 1 is 1.24 bits per heavy atom. The highest BCUT2D eigenvalue weighted by Crippen LogP contribution is 2.35. The number of aromatic nitrogens is 2. The molecule has 1 fully saturated rings. The number of rotatable bonds is 4. The van der Waals surface area contributed by atoms with Crippen LogP contribution in [0.5, 0.6) is 0 Å². The standard InChI is InChI=1S/C21H20N4O4/c1-12-6-7-13(10-14(12)15-4-3-5-16(23-15)19(22)26)17-11-18(29-24-17)21(28)8-9-25(2)20(21)27/h3-7,10-11,28H,8-9H2,1-2H3,(H2,22,26)/t21-/m0/s1. The lowest BCUT2D eigenvalue weighted by Crippen LogP contribution is -2.35. The van der Waals surface area contributed by atoms with Crippen LogP contribution in [-0.4, -0.2) is 45.6 Å². The summed E-state index contributed by atoms with van der Waals surface area (Å²) in [5, 5.41) is 14.8. The van der Waals surface area contributed by atoms with Gasteiger partial charge in [-0.3, -0.25) is 9.59 Å². The molecule has 0 spiro atoms. The van der Waals surface area contributed by atoms with Gasteiger partial charge in [0.15, 0.2) is 5.76 Å². The van der Waals surface area contributed by atoms with Crippen molar-refractivity contribution >= 4 is 11.8 Å². The molecule has 1 aliphatic heterocycles. The number of hydrogen-bond acceptors (Lipinski definition) is 6. The van der Waals surface area contributed by atoms with Crippen molar-refractivity contribution in [3.8, 4) is 22.5 Å². The van der Waals surface area contributed by atoms with Gasteiger partial charge >= 0.3 is 0 Å². The fourth-order valence-corrected chi connectivity index (χ4v) is 3.47. The number of likely N-dealkylation sites (N-methyl/N-ethyl adjacent to an activating group) is 1. The van der Waals surface area contributed by atoms with Gasteiger partial charge in [-0.05, 0) is 30.7 Å². The number of carbonyl (C=O) groups is 2. The summed E-state index contributed by atoms with van der Waals surface area (Å²) in [4.78, 5) is 29.5. The predicted molar refractivity (Wildman–Crippen MR) is 105 cm³/mol. The van der Waals surface area contributed by atoms with E-state index in [1.165, 1.54) is 4.90 Å². The summed E-state index contributed by atoms with van der Waals surface area (Å²) in [6.07, 6.45) is 0.250. The number of aryl methyl sites for hydroxylation is 1. The van der Waals surface area contributed by atoms with E-state index in [2.05, 4.69) is 10.1 Å². The molecule has 8 nitrogen and oxygen atoms in total. The molecule has 2 amide bonds. The maximum atomic E-state index is 12.3. The Labute approximate surface area is 166 Å². The monoisotopic (exact) mass is 392 g/mol. The topological polar surface area (TPSA) is 123 Å². The SMILES string of the molecule is Cc1ccc(-c2cc([C@@]3(O)CCN(C)C3=O)on2)cc1-c1cccc(C(N)=O)n1. The smallest absolute Gasteiger partial charge is 0.267 e. The maximum absolute atomic E-state index is 12.3. The predicted octanol–water partition coefficient (Wildman–Crippen LogP) is 1.86. The summed E-state index contributed by atoms with van der Waals surface area (Å²) in [5.74, 6) is -0.878. The molecule has 1 aliphatic rings. The van der Waals surface area contributed by atoms with Gasteiger partial charge in [-0.2, -0.15) is 0 Å². The molecule has 2 aromatic heterocycles. The van der Waals surface area contributed by atoms with E-state index in [0.717, 1.165) is 16.7 Å². The van der Waals surface area contributed by atoms with Gasteiger partial charge in [0.05, 0.1) is 5.69 Å². The number of pyridine rings is 1. The number of likely N-dealkylation sites (tertiary alicyclic amines) is 1. The van der Waals surface area contributed by atoms with Gasteiger partial charge in [0.2, 0.25) is 5.60 Å². The lowest BCUT2D eigenvalue weighted by molar-refractivity contribution is -0.144. The zero-order valence-corrected chi connectivity index (χ0v) is 16.0. The second-order valence-corrected chi connectivity index (χ2v) is 7.22. The quantitative estimate of drug-likeness (QED) is 0.699. The van der Waals surface area contributed by atoms with Crippen molar-refractivity contribution in [2.75, 3.05) is 13.6 Å². The number of primary amides is 1. The molecule has 0 bridgehead atoms. The van der Waals surface area contributed by atoms with E-state index in [-0.39, 0.29) is 17.9 Å². The van der Waals surface area contributed by atoms with Crippen molar-refractivity contribution in [2.24, 2.45) is 5.73 Å². The molecular weight excluding hydrogens is 372 g/mol. The van der Waals surface area contributed by atoms with Gasteiger partial charge in [0.1, 0.15) is 11.4 Å². The van der Waals surface area contributed by atoms with E-state index in [1.807, 2.05) is 25.1 Å². The van der Waals surface area contributed by atoms with Crippen molar-refractivity contribution in [3.63, 3.8) is 0 Å². The largest absolute Gasteiger partial charge is 0.373 e. The molecular formula is C21H20N4O4. The average molecular weight is 392 g/mol. The highest BCUT2D eigenvalue weighted by molar-refractivity contribution is 5.91. The van der Waals surface area contributed by atoms with E-state index in [4.69, 9.17) is 10.3 Å². The maximum Gasteiger partial charge on any atom is 0.267 e. The summed E-state index contributed by atoms with van der Waals surface area (Å²) in [6.45, 7) is 2.38. The number of amides is 2. The van der Waals surface area contributed by atoms with Crippen LogP contribution in [0.3, 0.4) is 0 Å². The molecule has 29 heavy (non-hydrogen) atoms. The molecule has 0 saturated carbocycles. The zero-order valence-electron chi connectivity index (χ0n) is 16.0. The molecule has 1 aromatic carbocycles. The molecule has 1 atom stereocenters. The Kier molecular flexibility index (Phi) is 4.43. The molecule has 0 aliphatic carbocycles. The molecule has 0 unspecified atom stereocenters. The summed E-state index contributed by atoms with van der Waals surface area (Å²) < 4.78 is 5.33. The summed E-state index contributed by atoms with van der Waals surface area (Å²) in [7, 11) is 1.64. The first kappa shape index (κ1) is 18.8. The van der Waals surface area contributed by atoms with Crippen LogP contribution in [0.15, 0.2) is 47.0 Å². The first-order chi connectivity index (χ1) is 13.8. The second kappa shape index (κ2) is 6.82. The van der Waals surface area contributed by atoms with E-state index < -0.39 is 17.4 Å². The normalized spacial score (nSPS) is 19.0. The molecule has 3 aromatic rings. The van der Waals surface area contributed by atoms with Gasteiger partial charge < -0.3 is 20.3 Å². The minimum Gasteiger partial charge on any atom is -0.373 e. The Bertz CT molecular complexity index is 1120. The van der Waals surface area contributed by atoms with Crippen LogP contribution in [-0.2, 0) is 10.4 Å². The molecule has 0 radical (unpaired) electrons. The van der Waals surface area contributed by atoms with Crippen LogP contribution in [0.1, 0.15) is 28.2 Å². The van der Waals surface area contributed by atoms with Gasteiger partial charge in [-0.1, -0.05) is 23.4 Å². The van der Waals surface area contributed by atoms with Crippen molar-refractivity contribution in [1.82, 2.24) is 15.0 Å². The molecule has 8 heteroatoms. The fraction of sp³-hybridized carbons (Fsp3) is 0.238. The van der Waals surface area contributed by atoms with Gasteiger partial charge in [-0.15, -0.1) is 0 Å². The van der Waals surface area contributed by atoms with Crippen molar-refractivity contribution < 1.29 is 19.2 Å². The third-order valence-electron chi connectivity index (χ3n) is 5.24. The van der Waals surface area contributed by atoms with E-state index in [1.54, 1.807) is 31.3 Å². The molecule has 3 heterocycles. The van der Waals surface area contributed by atoms with Crippen LogP contribution in [0, 0.1) is 6.92 Å². The second-order valence-electron chi connectivity index (χ2n) is 7.22. The zero-order chi connectivity index (χ0) is 20.8. The minimum atomic E-state index is -1.69. The van der Waals surface area contributed by atoms with Gasteiger partial charge in [-0.25, -0.2) is 4.98 Å². The Balaban J connectivity index is 1.72. The highest BCUT2D eigenvalue weighted by Gasteiger charge is 2.48. The number of aliphatic hydroxyl groups is 1. The third kappa shape index (κ3) is 3.17. The van der Waals surface area contributed by atoms with Crippen LogP contribution < -0.4 is 5.73 Å². The van der Waals surface area contributed by atoms with Gasteiger partial charge in [0.25, 0.3) is 11.8 Å². The number of hydrogen-bond donors (Lipinski definition) is 2. The third-order valence-corrected chi connectivity index (χ3v) is 5.24. The van der Waals surface area contributed by atoms with Gasteiger partial charge in [0, 0.05) is 37.2 Å². The molecule has 3 N–H and O–H groups in total. The van der Waals surface area contributed by atoms with Crippen molar-refractivity contribution in [1.29, 1.82) is 0 Å². The lowest BCUT2D eigenvalue weighted by Gasteiger charge is -2.16. The summed E-state index contributed by atoms with van der Waals surface area (Å²) in [6, 6.07) is 12.3. The number of nitrogens with two attached hydrogens (primary N) is 1. The van der Waals surface area contributed by atoms with Crippen molar-refractivity contribution in [2.45, 2.75) is 18.9 Å². The summed E-state index contributed by atoms with van der Waals surface area (Å²) in [5.41, 5.74) is 7.42. The van der Waals surface area contributed by atoms with Crippen molar-refractivity contribution in [3.05, 3.63) is 59.5 Å². The summed E-state index contributed by atoms with van der Waals surface area (Å²) >= 11 is 0. The number of benzene rings is 1. The Morgan fingerprint density at radius 3 is 2.72 bits per heavy atom. The van der Waals surface area contributed by atoms with E-state index in [9.17, 15) is 14.7 Å². The van der Waals surface area contributed by atoms with Crippen LogP contribution in [0.25, 0.3) is 22.5 Å². The first-order valence-electron chi connectivity index (χ1n) is 9.13. The molecule has 148 valence electrons. The van der Waals surface area contributed by atoms with Crippen LogP contribution in [0.2, 0.25) is 0 Å². The van der Waals surface area contributed by atoms with E-state index >= 15 is 0 Å². The average Bonchev–Trinajstić information content (AvgIpc) is 3.31. The first-order valence-corrected chi connectivity index (χ1v) is 9.13. The number of nitrogens with zero attached hydrogens (tertiary/aromatic N) is 3. The fourth-order valence-electron chi connectivity index (χ4n) is 3.47.